The number of nitrogens with one attached hydrogen (secondary N) is 1. The molecule has 0 radical (unpaired) electrons. The lowest BCUT2D eigenvalue weighted by Gasteiger charge is -2.06. The molecule has 0 aliphatic carbocycles. The molecule has 0 unspecified atom stereocenters. The molecule has 0 heterocycles. The Labute approximate surface area is 90.5 Å². The molecule has 0 aromatic heterocycles. The third kappa shape index (κ3) is 4.80. The molecular formula is C10H16N2O2S. The maximum absolute atomic E-state index is 10.7. The number of hydrogen-bond donors (Lipinski definition) is 2. The molecule has 0 aliphatic heterocycles. The van der Waals surface area contributed by atoms with Gasteiger partial charge in [0.1, 0.15) is 0 Å². The van der Waals surface area contributed by atoms with Crippen molar-refractivity contribution in [1.29, 1.82) is 0 Å². The van der Waals surface area contributed by atoms with Crippen LogP contribution in [0.3, 0.4) is 0 Å². The highest BCUT2D eigenvalue weighted by Gasteiger charge is 2.01. The molecule has 0 saturated heterocycles. The fourth-order valence-corrected chi connectivity index (χ4v) is 1.63. The number of primary sulfonamides is 1. The Morgan fingerprint density at radius 2 is 2.13 bits per heavy atom. The van der Waals surface area contributed by atoms with E-state index >= 15 is 0 Å². The molecule has 84 valence electrons. The molecular weight excluding hydrogens is 212 g/mol. The number of anilines is 1. The number of aryl methyl sites for hydroxylation is 1. The molecule has 1 aromatic carbocycles. The van der Waals surface area contributed by atoms with E-state index in [1.54, 1.807) is 0 Å². The second-order valence-corrected chi connectivity index (χ2v) is 5.08. The highest BCUT2D eigenvalue weighted by molar-refractivity contribution is 7.89. The summed E-state index contributed by atoms with van der Waals surface area (Å²) in [6.45, 7) is 2.41. The molecule has 5 heteroatoms. The van der Waals surface area contributed by atoms with Crippen molar-refractivity contribution in [2.45, 2.75) is 13.3 Å². The third-order valence-corrected chi connectivity index (χ3v) is 2.82. The van der Waals surface area contributed by atoms with Crippen molar-refractivity contribution in [2.24, 2.45) is 5.14 Å². The molecule has 0 saturated carbocycles. The normalized spacial score (nSPS) is 11.3. The van der Waals surface area contributed by atoms with Gasteiger partial charge in [0.05, 0.1) is 5.75 Å². The second kappa shape index (κ2) is 5.14. The first-order valence-electron chi connectivity index (χ1n) is 4.84. The first kappa shape index (κ1) is 12.0. The predicted octanol–water partition coefficient (Wildman–Crippen LogP) is 0.949. The van der Waals surface area contributed by atoms with E-state index in [4.69, 9.17) is 5.14 Å². The lowest BCUT2D eigenvalue weighted by atomic mass is 10.1. The maximum Gasteiger partial charge on any atom is 0.210 e. The fraction of sp³-hybridized carbons (Fsp3) is 0.400. The summed E-state index contributed by atoms with van der Waals surface area (Å²) in [4.78, 5) is 0. The van der Waals surface area contributed by atoms with Crippen molar-refractivity contribution in [3.8, 4) is 0 Å². The van der Waals surface area contributed by atoms with Crippen LogP contribution < -0.4 is 10.5 Å². The first-order valence-corrected chi connectivity index (χ1v) is 6.56. The van der Waals surface area contributed by atoms with Crippen molar-refractivity contribution in [3.63, 3.8) is 0 Å². The van der Waals surface area contributed by atoms with E-state index in [9.17, 15) is 8.42 Å². The molecule has 0 fully saturated rings. The van der Waals surface area contributed by atoms with Gasteiger partial charge < -0.3 is 5.32 Å². The van der Waals surface area contributed by atoms with Gasteiger partial charge >= 0.3 is 0 Å². The Kier molecular flexibility index (Phi) is 4.11. The van der Waals surface area contributed by atoms with Crippen LogP contribution in [0.15, 0.2) is 24.3 Å². The smallest absolute Gasteiger partial charge is 0.210 e. The minimum absolute atomic E-state index is 0.0522. The minimum atomic E-state index is -3.37. The van der Waals surface area contributed by atoms with Gasteiger partial charge in [-0.1, -0.05) is 19.1 Å². The number of sulfonamides is 1. The van der Waals surface area contributed by atoms with Crippen molar-refractivity contribution in [3.05, 3.63) is 29.8 Å². The van der Waals surface area contributed by atoms with Crippen LogP contribution in [0.5, 0.6) is 0 Å². The monoisotopic (exact) mass is 228 g/mol. The van der Waals surface area contributed by atoms with Crippen molar-refractivity contribution >= 4 is 15.7 Å². The molecule has 0 amide bonds. The Morgan fingerprint density at radius 3 is 2.73 bits per heavy atom. The first-order chi connectivity index (χ1) is 7.01. The highest BCUT2D eigenvalue weighted by Crippen LogP contribution is 2.10. The van der Waals surface area contributed by atoms with Crippen LogP contribution in [-0.2, 0) is 16.4 Å². The topological polar surface area (TPSA) is 72.2 Å². The summed E-state index contributed by atoms with van der Waals surface area (Å²) >= 11 is 0. The van der Waals surface area contributed by atoms with Gasteiger partial charge in [-0.3, -0.25) is 0 Å². The lowest BCUT2D eigenvalue weighted by molar-refractivity contribution is 0.598. The van der Waals surface area contributed by atoms with Crippen LogP contribution in [0, 0.1) is 0 Å². The van der Waals surface area contributed by atoms with Gasteiger partial charge in [-0.05, 0) is 24.1 Å². The van der Waals surface area contributed by atoms with Crippen molar-refractivity contribution in [2.75, 3.05) is 17.6 Å². The zero-order valence-electron chi connectivity index (χ0n) is 8.73. The zero-order valence-corrected chi connectivity index (χ0v) is 9.55. The summed E-state index contributed by atoms with van der Waals surface area (Å²) in [6.07, 6.45) is 0.963. The molecule has 15 heavy (non-hydrogen) atoms. The van der Waals surface area contributed by atoms with Crippen LogP contribution >= 0.6 is 0 Å². The number of hydrogen-bond acceptors (Lipinski definition) is 3. The lowest BCUT2D eigenvalue weighted by Crippen LogP contribution is -2.22. The molecule has 4 nitrogen and oxygen atoms in total. The van der Waals surface area contributed by atoms with Crippen molar-refractivity contribution in [1.82, 2.24) is 0 Å². The van der Waals surface area contributed by atoms with Gasteiger partial charge in [-0.2, -0.15) is 0 Å². The summed E-state index contributed by atoms with van der Waals surface area (Å²) < 4.78 is 21.4. The summed E-state index contributed by atoms with van der Waals surface area (Å²) in [5, 5.41) is 7.90. The predicted molar refractivity (Wildman–Crippen MR) is 62.3 cm³/mol. The third-order valence-electron chi connectivity index (χ3n) is 2.05. The van der Waals surface area contributed by atoms with E-state index in [-0.39, 0.29) is 5.75 Å². The van der Waals surface area contributed by atoms with Gasteiger partial charge in [0, 0.05) is 12.2 Å². The zero-order chi connectivity index (χ0) is 11.3. The average molecular weight is 228 g/mol. The molecule has 0 bridgehead atoms. The summed E-state index contributed by atoms with van der Waals surface area (Å²) in [5.74, 6) is -0.0522. The largest absolute Gasteiger partial charge is 0.384 e. The number of benzene rings is 1. The van der Waals surface area contributed by atoms with Crippen LogP contribution in [0.2, 0.25) is 0 Å². The molecule has 1 rings (SSSR count). The Hall–Kier alpha value is -1.07. The maximum atomic E-state index is 10.7. The van der Waals surface area contributed by atoms with E-state index < -0.39 is 10.0 Å². The minimum Gasteiger partial charge on any atom is -0.384 e. The van der Waals surface area contributed by atoms with Gasteiger partial charge in [-0.25, -0.2) is 13.6 Å². The summed E-state index contributed by atoms with van der Waals surface area (Å²) in [7, 11) is -3.37. The molecule has 1 aromatic rings. The molecule has 0 spiro atoms. The molecule has 0 aliphatic rings. The summed E-state index contributed by atoms with van der Waals surface area (Å²) in [5.41, 5.74) is 2.15. The average Bonchev–Trinajstić information content (AvgIpc) is 2.16. The van der Waals surface area contributed by atoms with Gasteiger partial charge in [0.2, 0.25) is 10.0 Å². The molecule has 3 N–H and O–H groups in total. The summed E-state index contributed by atoms with van der Waals surface area (Å²) in [6, 6.07) is 7.88. The van der Waals surface area contributed by atoms with E-state index in [0.29, 0.717) is 6.54 Å². The van der Waals surface area contributed by atoms with E-state index in [1.165, 1.54) is 5.56 Å². The van der Waals surface area contributed by atoms with E-state index in [1.807, 2.05) is 24.3 Å². The Balaban J connectivity index is 2.51. The van der Waals surface area contributed by atoms with E-state index in [0.717, 1.165) is 12.1 Å². The number of nitrogens with two attached hydrogens (primary N) is 1. The molecule has 0 atom stereocenters. The van der Waals surface area contributed by atoms with Crippen molar-refractivity contribution < 1.29 is 8.42 Å². The van der Waals surface area contributed by atoms with Crippen LogP contribution in [0.1, 0.15) is 12.5 Å². The van der Waals surface area contributed by atoms with Crippen LogP contribution in [0.25, 0.3) is 0 Å². The van der Waals surface area contributed by atoms with Gasteiger partial charge in [-0.15, -0.1) is 0 Å². The Morgan fingerprint density at radius 1 is 1.40 bits per heavy atom. The van der Waals surface area contributed by atoms with Gasteiger partial charge in [0.25, 0.3) is 0 Å². The number of rotatable bonds is 5. The fourth-order valence-electron chi connectivity index (χ4n) is 1.24. The second-order valence-electron chi connectivity index (χ2n) is 3.35. The highest BCUT2D eigenvalue weighted by atomic mass is 32.2. The van der Waals surface area contributed by atoms with Crippen LogP contribution in [0.4, 0.5) is 5.69 Å². The Bertz CT molecular complexity index is 415. The quantitative estimate of drug-likeness (QED) is 0.788. The SMILES string of the molecule is CCc1cccc(NCCS(N)(=O)=O)c1. The van der Waals surface area contributed by atoms with Gasteiger partial charge in [0.15, 0.2) is 0 Å². The van der Waals surface area contributed by atoms with E-state index in [2.05, 4.69) is 12.2 Å². The van der Waals surface area contributed by atoms with Crippen LogP contribution in [-0.4, -0.2) is 20.7 Å². The standard InChI is InChI=1S/C10H16N2O2S/c1-2-9-4-3-5-10(8-9)12-6-7-15(11,13)14/h3-5,8,12H,2,6-7H2,1H3,(H2,11,13,14).